The van der Waals surface area contributed by atoms with Crippen molar-refractivity contribution in [2.45, 2.75) is 13.2 Å². The van der Waals surface area contributed by atoms with E-state index in [0.717, 1.165) is 31.1 Å². The maximum atomic E-state index is 12.6. The molecule has 7 heteroatoms. The van der Waals surface area contributed by atoms with Crippen LogP contribution >= 0.6 is 0 Å². The minimum Gasteiger partial charge on any atom is -0.486 e. The quantitative estimate of drug-likeness (QED) is 0.876. The Morgan fingerprint density at radius 1 is 1.04 bits per heavy atom. The second-order valence-corrected chi connectivity index (χ2v) is 6.74. The number of carbonyl (C=O) groups is 1. The molecule has 1 saturated heterocycles. The molecule has 0 radical (unpaired) electrons. The molecule has 2 aliphatic heterocycles. The molecule has 4 rings (SSSR count). The lowest BCUT2D eigenvalue weighted by Gasteiger charge is -2.35. The van der Waals surface area contributed by atoms with Gasteiger partial charge in [-0.1, -0.05) is 6.07 Å². The van der Waals surface area contributed by atoms with Gasteiger partial charge in [-0.25, -0.2) is 0 Å². The van der Waals surface area contributed by atoms with Crippen LogP contribution in [0.25, 0.3) is 0 Å². The zero-order valence-electron chi connectivity index (χ0n) is 15.1. The molecule has 0 bridgehead atoms. The van der Waals surface area contributed by atoms with Gasteiger partial charge in [0.2, 0.25) is 0 Å². The van der Waals surface area contributed by atoms with Crippen LogP contribution in [0.15, 0.2) is 36.5 Å². The summed E-state index contributed by atoms with van der Waals surface area (Å²) in [5, 5.41) is 9.05. The van der Waals surface area contributed by atoms with Crippen LogP contribution in [-0.2, 0) is 13.2 Å². The number of ether oxygens (including phenoxy) is 2. The van der Waals surface area contributed by atoms with Crippen LogP contribution in [0.1, 0.15) is 21.6 Å². The second-order valence-electron chi connectivity index (χ2n) is 6.74. The zero-order chi connectivity index (χ0) is 18.6. The molecule has 1 fully saturated rings. The number of aliphatic hydroxyl groups excluding tert-OH is 1. The van der Waals surface area contributed by atoms with E-state index in [9.17, 15) is 4.79 Å². The third-order valence-corrected chi connectivity index (χ3v) is 4.91. The summed E-state index contributed by atoms with van der Waals surface area (Å²) in [5.74, 6) is 1.61. The van der Waals surface area contributed by atoms with Gasteiger partial charge in [0.15, 0.2) is 11.5 Å². The number of pyridine rings is 1. The molecule has 2 aliphatic rings. The molecular formula is C20H23N3O4. The van der Waals surface area contributed by atoms with Crippen LogP contribution in [0.5, 0.6) is 11.5 Å². The number of hydrogen-bond donors (Lipinski definition) is 1. The van der Waals surface area contributed by atoms with Crippen LogP contribution in [-0.4, -0.2) is 65.2 Å². The predicted octanol–water partition coefficient (Wildman–Crippen LogP) is 1.30. The molecule has 7 nitrogen and oxygen atoms in total. The second kappa shape index (κ2) is 7.94. The molecule has 3 heterocycles. The summed E-state index contributed by atoms with van der Waals surface area (Å²) < 4.78 is 11.2. The fourth-order valence-electron chi connectivity index (χ4n) is 3.38. The van der Waals surface area contributed by atoms with Gasteiger partial charge in [-0.2, -0.15) is 0 Å². The third-order valence-electron chi connectivity index (χ3n) is 4.91. The molecule has 1 N–H and O–H groups in total. The van der Waals surface area contributed by atoms with Crippen molar-refractivity contribution in [1.29, 1.82) is 0 Å². The predicted molar refractivity (Wildman–Crippen MR) is 98.8 cm³/mol. The number of aromatic nitrogens is 1. The lowest BCUT2D eigenvalue weighted by molar-refractivity contribution is 0.0627. The average molecular weight is 369 g/mol. The Morgan fingerprint density at radius 2 is 1.81 bits per heavy atom. The first-order valence-electron chi connectivity index (χ1n) is 9.19. The van der Waals surface area contributed by atoms with Gasteiger partial charge < -0.3 is 19.5 Å². The van der Waals surface area contributed by atoms with Crippen LogP contribution < -0.4 is 9.47 Å². The molecule has 1 amide bonds. The van der Waals surface area contributed by atoms with Gasteiger partial charge in [0.1, 0.15) is 13.2 Å². The van der Waals surface area contributed by atoms with Crippen LogP contribution in [0, 0.1) is 0 Å². The summed E-state index contributed by atoms with van der Waals surface area (Å²) in [5.41, 5.74) is 2.31. The van der Waals surface area contributed by atoms with E-state index in [2.05, 4.69) is 16.0 Å². The Kier molecular flexibility index (Phi) is 5.22. The molecule has 0 spiro atoms. The van der Waals surface area contributed by atoms with Crippen molar-refractivity contribution >= 4 is 5.91 Å². The van der Waals surface area contributed by atoms with E-state index >= 15 is 0 Å². The van der Waals surface area contributed by atoms with Crippen molar-refractivity contribution < 1.29 is 19.4 Å². The van der Waals surface area contributed by atoms with E-state index in [-0.39, 0.29) is 12.5 Å². The Hall–Kier alpha value is -2.64. The first kappa shape index (κ1) is 17.8. The molecule has 0 aliphatic carbocycles. The summed E-state index contributed by atoms with van der Waals surface area (Å²) in [6, 6.07) is 9.49. The van der Waals surface area contributed by atoms with Crippen LogP contribution in [0.2, 0.25) is 0 Å². The number of fused-ring (bicyclic) bond motifs is 1. The number of nitrogens with zero attached hydrogens (tertiary/aromatic N) is 3. The fraction of sp³-hybridized carbons (Fsp3) is 0.400. The number of carbonyl (C=O) groups excluding carboxylic acids is 1. The van der Waals surface area contributed by atoms with Crippen molar-refractivity contribution in [3.63, 3.8) is 0 Å². The minimum atomic E-state index is -0.118. The van der Waals surface area contributed by atoms with E-state index in [4.69, 9.17) is 14.6 Å². The summed E-state index contributed by atoms with van der Waals surface area (Å²) in [7, 11) is 0. The number of hydrogen-bond acceptors (Lipinski definition) is 6. The number of rotatable bonds is 4. The largest absolute Gasteiger partial charge is 0.486 e. The van der Waals surface area contributed by atoms with Gasteiger partial charge in [-0.15, -0.1) is 0 Å². The van der Waals surface area contributed by atoms with Crippen molar-refractivity contribution in [1.82, 2.24) is 14.8 Å². The monoisotopic (exact) mass is 369 g/mol. The molecule has 27 heavy (non-hydrogen) atoms. The van der Waals surface area contributed by atoms with Gasteiger partial charge >= 0.3 is 0 Å². The van der Waals surface area contributed by atoms with Crippen molar-refractivity contribution in [2.75, 3.05) is 39.4 Å². The smallest absolute Gasteiger partial charge is 0.255 e. The minimum absolute atomic E-state index is 0.00836. The topological polar surface area (TPSA) is 75.1 Å². The number of aliphatic hydroxyl groups is 1. The number of benzene rings is 1. The summed E-state index contributed by atoms with van der Waals surface area (Å²) in [6.07, 6.45) is 1.54. The lowest BCUT2D eigenvalue weighted by Crippen LogP contribution is -2.48. The third kappa shape index (κ3) is 4.04. The molecule has 1 aromatic carbocycles. The standard InChI is InChI=1S/C20H23N3O4/c24-14-17-3-2-16(12-21-17)20(25)23-7-5-22(6-8-23)13-15-1-4-18-19(11-15)27-10-9-26-18/h1-4,11-12,24H,5-10,13-14H2. The summed E-state index contributed by atoms with van der Waals surface area (Å²) in [6.45, 7) is 4.91. The van der Waals surface area contributed by atoms with Crippen LogP contribution in [0.3, 0.4) is 0 Å². The Labute approximate surface area is 158 Å². The lowest BCUT2D eigenvalue weighted by atomic mass is 10.1. The Balaban J connectivity index is 1.32. The molecule has 0 atom stereocenters. The van der Waals surface area contributed by atoms with Gasteiger partial charge in [-0.05, 0) is 29.8 Å². The van der Waals surface area contributed by atoms with Crippen LogP contribution in [0.4, 0.5) is 0 Å². The van der Waals surface area contributed by atoms with E-state index in [1.54, 1.807) is 12.1 Å². The zero-order valence-corrected chi connectivity index (χ0v) is 15.1. The Bertz CT molecular complexity index is 801. The molecule has 1 aromatic heterocycles. The fourth-order valence-corrected chi connectivity index (χ4v) is 3.38. The molecule has 0 saturated carbocycles. The highest BCUT2D eigenvalue weighted by Crippen LogP contribution is 2.31. The Morgan fingerprint density at radius 3 is 2.52 bits per heavy atom. The normalized spacial score (nSPS) is 17.0. The van der Waals surface area contributed by atoms with E-state index in [0.29, 0.717) is 37.6 Å². The van der Waals surface area contributed by atoms with Crippen molar-refractivity contribution in [3.05, 3.63) is 53.3 Å². The van der Waals surface area contributed by atoms with E-state index in [1.165, 1.54) is 11.8 Å². The highest BCUT2D eigenvalue weighted by Gasteiger charge is 2.23. The van der Waals surface area contributed by atoms with E-state index in [1.807, 2.05) is 17.0 Å². The molecule has 0 unspecified atom stereocenters. The maximum Gasteiger partial charge on any atom is 0.255 e. The van der Waals surface area contributed by atoms with E-state index < -0.39 is 0 Å². The van der Waals surface area contributed by atoms with Gasteiger partial charge in [0.05, 0.1) is 17.9 Å². The molecule has 142 valence electrons. The number of piperazine rings is 1. The SMILES string of the molecule is O=C(c1ccc(CO)nc1)N1CCN(Cc2ccc3c(c2)OCCO3)CC1. The maximum absolute atomic E-state index is 12.6. The van der Waals surface area contributed by atoms with Crippen molar-refractivity contribution in [3.8, 4) is 11.5 Å². The van der Waals surface area contributed by atoms with Gasteiger partial charge in [-0.3, -0.25) is 14.7 Å². The molecule has 2 aromatic rings. The van der Waals surface area contributed by atoms with Crippen molar-refractivity contribution in [2.24, 2.45) is 0 Å². The highest BCUT2D eigenvalue weighted by atomic mass is 16.6. The summed E-state index contributed by atoms with van der Waals surface area (Å²) >= 11 is 0. The highest BCUT2D eigenvalue weighted by molar-refractivity contribution is 5.94. The number of amides is 1. The summed E-state index contributed by atoms with van der Waals surface area (Å²) in [4.78, 5) is 20.9. The first-order valence-corrected chi connectivity index (χ1v) is 9.19. The van der Waals surface area contributed by atoms with Gasteiger partial charge in [0, 0.05) is 38.9 Å². The van der Waals surface area contributed by atoms with Gasteiger partial charge in [0.25, 0.3) is 5.91 Å². The average Bonchev–Trinajstić information content (AvgIpc) is 2.74. The first-order chi connectivity index (χ1) is 13.2. The molecular weight excluding hydrogens is 346 g/mol.